The van der Waals surface area contributed by atoms with Crippen LogP contribution < -0.4 is 10.2 Å². The van der Waals surface area contributed by atoms with E-state index in [0.717, 1.165) is 60.9 Å². The highest BCUT2D eigenvalue weighted by molar-refractivity contribution is 5.80. The van der Waals surface area contributed by atoms with Gasteiger partial charge in [-0.25, -0.2) is 19.9 Å². The van der Waals surface area contributed by atoms with Crippen molar-refractivity contribution >= 4 is 11.9 Å². The Labute approximate surface area is 182 Å². The van der Waals surface area contributed by atoms with Gasteiger partial charge in [0.2, 0.25) is 11.9 Å². The first-order valence-corrected chi connectivity index (χ1v) is 10.6. The Morgan fingerprint density at radius 2 is 1.94 bits per heavy atom. The molecule has 1 N–H and O–H groups in total. The highest BCUT2D eigenvalue weighted by atomic mass is 16.5. The predicted molar refractivity (Wildman–Crippen MR) is 120 cm³/mol. The molecule has 9 heteroatoms. The SMILES string of the molecule is Cc1occc1-c1nc(NCCCN(C)C)ncc1-c1ccnc(N2CCOCC2)n1. The van der Waals surface area contributed by atoms with Crippen molar-refractivity contribution in [3.8, 4) is 22.5 Å². The molecule has 3 aromatic heterocycles. The maximum absolute atomic E-state index is 5.55. The second kappa shape index (κ2) is 9.84. The Morgan fingerprint density at radius 3 is 2.68 bits per heavy atom. The fourth-order valence-corrected chi connectivity index (χ4v) is 3.50. The van der Waals surface area contributed by atoms with Gasteiger partial charge in [-0.15, -0.1) is 0 Å². The van der Waals surface area contributed by atoms with Gasteiger partial charge in [0, 0.05) is 43.2 Å². The van der Waals surface area contributed by atoms with Crippen LogP contribution in [0.5, 0.6) is 0 Å². The molecule has 1 aliphatic heterocycles. The average Bonchev–Trinajstić information content (AvgIpc) is 3.23. The Kier molecular flexibility index (Phi) is 6.73. The monoisotopic (exact) mass is 423 g/mol. The summed E-state index contributed by atoms with van der Waals surface area (Å²) in [5.41, 5.74) is 3.36. The van der Waals surface area contributed by atoms with Crippen LogP contribution in [-0.4, -0.2) is 78.3 Å². The van der Waals surface area contributed by atoms with Gasteiger partial charge >= 0.3 is 0 Å². The van der Waals surface area contributed by atoms with Crippen LogP contribution in [0.4, 0.5) is 11.9 Å². The van der Waals surface area contributed by atoms with E-state index in [1.807, 2.05) is 25.3 Å². The molecule has 0 saturated carbocycles. The lowest BCUT2D eigenvalue weighted by molar-refractivity contribution is 0.122. The maximum Gasteiger partial charge on any atom is 0.226 e. The first kappa shape index (κ1) is 21.2. The van der Waals surface area contributed by atoms with E-state index in [-0.39, 0.29) is 0 Å². The molecule has 0 atom stereocenters. The third-order valence-electron chi connectivity index (χ3n) is 5.18. The molecule has 31 heavy (non-hydrogen) atoms. The van der Waals surface area contributed by atoms with Crippen molar-refractivity contribution in [2.24, 2.45) is 0 Å². The molecule has 164 valence electrons. The Hall–Kier alpha value is -3.04. The average molecular weight is 424 g/mol. The van der Waals surface area contributed by atoms with Crippen LogP contribution in [0.2, 0.25) is 0 Å². The zero-order chi connectivity index (χ0) is 21.6. The van der Waals surface area contributed by atoms with Crippen molar-refractivity contribution in [1.82, 2.24) is 24.8 Å². The van der Waals surface area contributed by atoms with Crippen molar-refractivity contribution in [2.45, 2.75) is 13.3 Å². The molecule has 0 aliphatic carbocycles. The van der Waals surface area contributed by atoms with E-state index < -0.39 is 0 Å². The number of hydrogen-bond acceptors (Lipinski definition) is 9. The van der Waals surface area contributed by atoms with Gasteiger partial charge in [-0.1, -0.05) is 0 Å². The summed E-state index contributed by atoms with van der Waals surface area (Å²) in [6.07, 6.45) is 6.30. The number of anilines is 2. The fraction of sp³-hybridized carbons (Fsp3) is 0.455. The van der Waals surface area contributed by atoms with Crippen LogP contribution in [0.1, 0.15) is 12.2 Å². The fourth-order valence-electron chi connectivity index (χ4n) is 3.50. The summed E-state index contributed by atoms with van der Waals surface area (Å²) in [5.74, 6) is 2.10. The van der Waals surface area contributed by atoms with Crippen LogP contribution >= 0.6 is 0 Å². The number of aryl methyl sites for hydroxylation is 1. The van der Waals surface area contributed by atoms with Crippen LogP contribution in [0, 0.1) is 6.92 Å². The highest BCUT2D eigenvalue weighted by Crippen LogP contribution is 2.32. The van der Waals surface area contributed by atoms with Gasteiger partial charge in [-0.05, 0) is 46.1 Å². The third kappa shape index (κ3) is 5.18. The van der Waals surface area contributed by atoms with E-state index in [1.165, 1.54) is 0 Å². The molecule has 0 bridgehead atoms. The summed E-state index contributed by atoms with van der Waals surface area (Å²) < 4.78 is 11.0. The largest absolute Gasteiger partial charge is 0.469 e. The molecule has 4 heterocycles. The molecule has 0 radical (unpaired) electrons. The van der Waals surface area contributed by atoms with Crippen molar-refractivity contribution in [1.29, 1.82) is 0 Å². The normalized spacial score (nSPS) is 14.3. The topological polar surface area (TPSA) is 92.4 Å². The highest BCUT2D eigenvalue weighted by Gasteiger charge is 2.19. The molecule has 4 rings (SSSR count). The Bertz CT molecular complexity index is 999. The van der Waals surface area contributed by atoms with Gasteiger partial charge < -0.3 is 24.3 Å². The number of morpholine rings is 1. The van der Waals surface area contributed by atoms with Crippen molar-refractivity contribution in [3.63, 3.8) is 0 Å². The van der Waals surface area contributed by atoms with E-state index in [9.17, 15) is 0 Å². The summed E-state index contributed by atoms with van der Waals surface area (Å²) in [4.78, 5) is 22.9. The zero-order valence-corrected chi connectivity index (χ0v) is 18.3. The molecule has 9 nitrogen and oxygen atoms in total. The molecule has 1 aliphatic rings. The number of nitrogens with zero attached hydrogens (tertiary/aromatic N) is 6. The summed E-state index contributed by atoms with van der Waals surface area (Å²) in [7, 11) is 4.13. The molecular formula is C22H29N7O2. The summed E-state index contributed by atoms with van der Waals surface area (Å²) >= 11 is 0. The number of rotatable bonds is 8. The van der Waals surface area contributed by atoms with Crippen molar-refractivity contribution in [3.05, 3.63) is 36.5 Å². The summed E-state index contributed by atoms with van der Waals surface area (Å²) in [6.45, 7) is 6.67. The third-order valence-corrected chi connectivity index (χ3v) is 5.18. The molecule has 0 spiro atoms. The lowest BCUT2D eigenvalue weighted by Crippen LogP contribution is -2.37. The maximum atomic E-state index is 5.55. The molecule has 1 saturated heterocycles. The minimum Gasteiger partial charge on any atom is -0.469 e. The Morgan fingerprint density at radius 1 is 1.10 bits per heavy atom. The van der Waals surface area contributed by atoms with Gasteiger partial charge in [-0.3, -0.25) is 0 Å². The zero-order valence-electron chi connectivity index (χ0n) is 18.3. The van der Waals surface area contributed by atoms with E-state index >= 15 is 0 Å². The number of nitrogens with one attached hydrogen (secondary N) is 1. The standard InChI is InChI=1S/C22H29N7O2/c1-16-17(6-12-31-16)20-18(15-25-21(27-20)23-7-4-9-28(2)3)19-5-8-24-22(26-19)29-10-13-30-14-11-29/h5-6,8,12,15H,4,7,9-11,13-14H2,1-3H3,(H,23,25,27). The molecule has 3 aromatic rings. The smallest absolute Gasteiger partial charge is 0.226 e. The molecule has 0 unspecified atom stereocenters. The molecule has 0 amide bonds. The van der Waals surface area contributed by atoms with Gasteiger partial charge in [-0.2, -0.15) is 0 Å². The first-order chi connectivity index (χ1) is 15.1. The minimum atomic E-state index is 0.598. The van der Waals surface area contributed by atoms with Crippen molar-refractivity contribution < 1.29 is 9.15 Å². The lowest BCUT2D eigenvalue weighted by atomic mass is 10.1. The predicted octanol–water partition coefficient (Wildman–Crippen LogP) is 2.70. The quantitative estimate of drug-likeness (QED) is 0.549. The van der Waals surface area contributed by atoms with E-state index in [0.29, 0.717) is 25.1 Å². The second-order valence-electron chi connectivity index (χ2n) is 7.77. The summed E-state index contributed by atoms with van der Waals surface area (Å²) in [6, 6.07) is 3.83. The second-order valence-corrected chi connectivity index (χ2v) is 7.77. The summed E-state index contributed by atoms with van der Waals surface area (Å²) in [5, 5.41) is 3.33. The first-order valence-electron chi connectivity index (χ1n) is 10.6. The van der Waals surface area contributed by atoms with Crippen LogP contribution in [0.15, 0.2) is 35.2 Å². The van der Waals surface area contributed by atoms with Gasteiger partial charge in [0.1, 0.15) is 5.76 Å². The van der Waals surface area contributed by atoms with Crippen LogP contribution in [0.3, 0.4) is 0 Å². The van der Waals surface area contributed by atoms with E-state index in [2.05, 4.69) is 39.2 Å². The van der Waals surface area contributed by atoms with Crippen LogP contribution in [0.25, 0.3) is 22.5 Å². The van der Waals surface area contributed by atoms with Gasteiger partial charge in [0.05, 0.1) is 30.9 Å². The number of ether oxygens (including phenoxy) is 1. The van der Waals surface area contributed by atoms with Crippen molar-refractivity contribution in [2.75, 3.05) is 63.7 Å². The number of hydrogen-bond donors (Lipinski definition) is 1. The van der Waals surface area contributed by atoms with E-state index in [4.69, 9.17) is 19.1 Å². The van der Waals surface area contributed by atoms with Crippen LogP contribution in [-0.2, 0) is 4.74 Å². The molecule has 0 aromatic carbocycles. The number of aromatic nitrogens is 4. The minimum absolute atomic E-state index is 0.598. The Balaban J connectivity index is 1.64. The van der Waals surface area contributed by atoms with Gasteiger partial charge in [0.15, 0.2) is 0 Å². The van der Waals surface area contributed by atoms with E-state index in [1.54, 1.807) is 12.5 Å². The molecular weight excluding hydrogens is 394 g/mol. The number of furan rings is 1. The van der Waals surface area contributed by atoms with Gasteiger partial charge in [0.25, 0.3) is 0 Å². The lowest BCUT2D eigenvalue weighted by Gasteiger charge is -2.26. The molecule has 1 fully saturated rings.